The molecule has 6 N–H and O–H groups in total. The molecular formula is C27H31NO9. The molecule has 1 fully saturated rings. The first-order valence-corrected chi connectivity index (χ1v) is 12.1. The number of ketones is 2. The second-order valence-electron chi connectivity index (χ2n) is 11.0. The van der Waals surface area contributed by atoms with Gasteiger partial charge in [-0.05, 0) is 16.9 Å². The Labute approximate surface area is 213 Å². The van der Waals surface area contributed by atoms with Crippen LogP contribution < -0.4 is 5.73 Å². The number of carbonyl (C=O) groups is 4. The van der Waals surface area contributed by atoms with Crippen LogP contribution in [0.15, 0.2) is 29.0 Å². The van der Waals surface area contributed by atoms with Crippen molar-refractivity contribution in [2.45, 2.75) is 70.5 Å². The van der Waals surface area contributed by atoms with E-state index in [9.17, 15) is 39.6 Å². The van der Waals surface area contributed by atoms with Gasteiger partial charge >= 0.3 is 5.97 Å². The molecule has 1 aromatic rings. The van der Waals surface area contributed by atoms with Crippen molar-refractivity contribution >= 4 is 29.2 Å². The van der Waals surface area contributed by atoms with E-state index in [0.717, 1.165) is 0 Å². The highest BCUT2D eigenvalue weighted by molar-refractivity contribution is 6.23. The number of fused-ring (bicyclic) bond motifs is 3. The molecule has 1 saturated carbocycles. The number of aliphatic hydroxyl groups is 3. The fraction of sp³-hybridized carbons (Fsp3) is 0.481. The molecule has 0 bridgehead atoms. The Hall–Kier alpha value is -3.66. The number of benzene rings is 1. The highest BCUT2D eigenvalue weighted by atomic mass is 16.5. The largest absolute Gasteiger partial charge is 0.508 e. The molecule has 1 amide bonds. The van der Waals surface area contributed by atoms with Crippen LogP contribution >= 0.6 is 0 Å². The van der Waals surface area contributed by atoms with Crippen LogP contribution in [0.1, 0.15) is 70.1 Å². The van der Waals surface area contributed by atoms with Gasteiger partial charge in [-0.1, -0.05) is 46.8 Å². The summed E-state index contributed by atoms with van der Waals surface area (Å²) in [6, 6.07) is 3.43. The summed E-state index contributed by atoms with van der Waals surface area (Å²) in [4.78, 5) is 51.0. The number of nitrogens with two attached hydrogens (primary N) is 1. The van der Waals surface area contributed by atoms with Crippen LogP contribution in [0.25, 0.3) is 5.76 Å². The topological polar surface area (TPSA) is 184 Å². The molecule has 4 rings (SSSR count). The second kappa shape index (κ2) is 8.44. The summed E-state index contributed by atoms with van der Waals surface area (Å²) in [5.41, 5.74) is 1.53. The van der Waals surface area contributed by atoms with Gasteiger partial charge in [-0.15, -0.1) is 0 Å². The number of carbonyl (C=O) groups excluding carboxylic acids is 4. The van der Waals surface area contributed by atoms with E-state index < -0.39 is 81.8 Å². The van der Waals surface area contributed by atoms with E-state index in [4.69, 9.17) is 10.5 Å². The Morgan fingerprint density at radius 1 is 1.16 bits per heavy atom. The first kappa shape index (κ1) is 26.4. The molecule has 0 saturated heterocycles. The molecular weight excluding hydrogens is 482 g/mol. The fourth-order valence-electron chi connectivity index (χ4n) is 5.96. The summed E-state index contributed by atoms with van der Waals surface area (Å²) in [5.74, 6) is -9.31. The summed E-state index contributed by atoms with van der Waals surface area (Å²) in [5, 5.41) is 45.1. The van der Waals surface area contributed by atoms with Crippen LogP contribution in [0.4, 0.5) is 0 Å². The van der Waals surface area contributed by atoms with E-state index in [1.54, 1.807) is 19.1 Å². The lowest BCUT2D eigenvalue weighted by Gasteiger charge is -2.51. The Morgan fingerprint density at radius 3 is 2.32 bits per heavy atom. The number of hydrogen-bond donors (Lipinski definition) is 5. The second-order valence-corrected chi connectivity index (χ2v) is 11.0. The zero-order valence-corrected chi connectivity index (χ0v) is 21.3. The van der Waals surface area contributed by atoms with Crippen molar-refractivity contribution in [3.63, 3.8) is 0 Å². The number of Topliss-reactive ketones (excluding diaryl/α,β-unsaturated/α-hetero) is 2. The minimum Gasteiger partial charge on any atom is -0.508 e. The number of rotatable bonds is 3. The molecule has 37 heavy (non-hydrogen) atoms. The van der Waals surface area contributed by atoms with E-state index in [1.165, 1.54) is 6.92 Å². The van der Waals surface area contributed by atoms with Gasteiger partial charge < -0.3 is 30.9 Å². The number of aliphatic hydroxyl groups excluding tert-OH is 2. The third kappa shape index (κ3) is 3.57. The lowest BCUT2D eigenvalue weighted by Crippen LogP contribution is -2.64. The maximum Gasteiger partial charge on any atom is 0.305 e. The molecule has 3 aliphatic rings. The van der Waals surface area contributed by atoms with Crippen molar-refractivity contribution in [2.75, 3.05) is 0 Å². The summed E-state index contributed by atoms with van der Waals surface area (Å²) >= 11 is 0. The first-order valence-electron chi connectivity index (χ1n) is 12.1. The molecule has 0 aromatic heterocycles. The third-order valence-electron chi connectivity index (χ3n) is 7.84. The van der Waals surface area contributed by atoms with E-state index >= 15 is 0 Å². The van der Waals surface area contributed by atoms with Gasteiger partial charge in [0.15, 0.2) is 11.4 Å². The lowest BCUT2D eigenvalue weighted by molar-refractivity contribution is -0.178. The molecule has 1 aromatic carbocycles. The summed E-state index contributed by atoms with van der Waals surface area (Å²) in [6.45, 7) is 8.84. The first-order chi connectivity index (χ1) is 17.1. The molecule has 198 valence electrons. The van der Waals surface area contributed by atoms with Crippen molar-refractivity contribution in [3.8, 4) is 5.75 Å². The molecule has 5 atom stereocenters. The monoisotopic (exact) mass is 513 g/mol. The van der Waals surface area contributed by atoms with Crippen molar-refractivity contribution in [1.82, 2.24) is 0 Å². The zero-order valence-electron chi connectivity index (χ0n) is 21.3. The lowest BCUT2D eigenvalue weighted by atomic mass is 9.55. The van der Waals surface area contributed by atoms with Crippen LogP contribution in [0.3, 0.4) is 0 Å². The molecule has 10 nitrogen and oxygen atoms in total. The molecule has 3 aliphatic carbocycles. The van der Waals surface area contributed by atoms with Crippen LogP contribution in [0.5, 0.6) is 5.75 Å². The SMILES string of the molecule is CCC(=O)O[C@H]1[C@H]2C(=C(O)c3c(ccc(C(C)(C)C)c3O)[C@@H]2C)C(=O)[C@]2(O)C(O)=C(C(N)=O)C(=O)C[C@H]12. The van der Waals surface area contributed by atoms with Crippen molar-refractivity contribution in [1.29, 1.82) is 0 Å². The fourth-order valence-corrected chi connectivity index (χ4v) is 5.96. The van der Waals surface area contributed by atoms with Crippen LogP contribution in [0.2, 0.25) is 0 Å². The van der Waals surface area contributed by atoms with Crippen LogP contribution in [-0.4, -0.2) is 55.6 Å². The Morgan fingerprint density at radius 2 is 1.78 bits per heavy atom. The minimum atomic E-state index is -2.87. The van der Waals surface area contributed by atoms with E-state index in [0.29, 0.717) is 11.1 Å². The Balaban J connectivity index is 2.06. The van der Waals surface area contributed by atoms with Crippen LogP contribution in [0, 0.1) is 11.8 Å². The average molecular weight is 514 g/mol. The number of hydrogen-bond acceptors (Lipinski definition) is 9. The predicted octanol–water partition coefficient (Wildman–Crippen LogP) is 2.21. The molecule has 0 radical (unpaired) electrons. The summed E-state index contributed by atoms with van der Waals surface area (Å²) < 4.78 is 5.67. The number of esters is 1. The quantitative estimate of drug-likeness (QED) is 0.298. The normalized spacial score (nSPS) is 29.5. The van der Waals surface area contributed by atoms with Crippen molar-refractivity contribution in [3.05, 3.63) is 45.7 Å². The van der Waals surface area contributed by atoms with Gasteiger partial charge in [0, 0.05) is 35.8 Å². The molecule has 0 unspecified atom stereocenters. The molecule has 10 heteroatoms. The van der Waals surface area contributed by atoms with Crippen LogP contribution in [-0.2, 0) is 29.3 Å². The van der Waals surface area contributed by atoms with E-state index in [1.807, 2.05) is 20.8 Å². The van der Waals surface area contributed by atoms with E-state index in [-0.39, 0.29) is 23.3 Å². The van der Waals surface area contributed by atoms with Gasteiger partial charge in [0.1, 0.15) is 28.9 Å². The summed E-state index contributed by atoms with van der Waals surface area (Å²) in [7, 11) is 0. The maximum absolute atomic E-state index is 13.9. The molecule has 0 aliphatic heterocycles. The zero-order chi connectivity index (χ0) is 27.8. The summed E-state index contributed by atoms with van der Waals surface area (Å²) in [6.07, 6.45) is -2.00. The van der Waals surface area contributed by atoms with Gasteiger partial charge in [-0.25, -0.2) is 0 Å². The van der Waals surface area contributed by atoms with Gasteiger partial charge in [-0.3, -0.25) is 19.2 Å². The average Bonchev–Trinajstić information content (AvgIpc) is 2.79. The molecule has 0 spiro atoms. The highest BCUT2D eigenvalue weighted by Crippen LogP contribution is 2.57. The number of phenolic OH excluding ortho intramolecular Hbond substituents is 1. The number of aromatic hydroxyl groups is 1. The van der Waals surface area contributed by atoms with Crippen molar-refractivity contribution in [2.24, 2.45) is 17.6 Å². The Kier molecular flexibility index (Phi) is 6.02. The third-order valence-corrected chi connectivity index (χ3v) is 7.84. The number of primary amides is 1. The molecule has 0 heterocycles. The van der Waals surface area contributed by atoms with Gasteiger partial charge in [0.25, 0.3) is 5.91 Å². The van der Waals surface area contributed by atoms with Gasteiger partial charge in [0.2, 0.25) is 5.78 Å². The van der Waals surface area contributed by atoms with E-state index in [2.05, 4.69) is 0 Å². The number of ether oxygens (including phenoxy) is 1. The number of amides is 1. The predicted molar refractivity (Wildman–Crippen MR) is 130 cm³/mol. The highest BCUT2D eigenvalue weighted by Gasteiger charge is 2.66. The Bertz CT molecular complexity index is 1320. The van der Waals surface area contributed by atoms with Gasteiger partial charge in [0.05, 0.1) is 5.56 Å². The van der Waals surface area contributed by atoms with Crippen molar-refractivity contribution < 1.29 is 44.3 Å². The minimum absolute atomic E-state index is 0.00683. The smallest absolute Gasteiger partial charge is 0.305 e. The number of phenols is 1. The van der Waals surface area contributed by atoms with Gasteiger partial charge in [-0.2, -0.15) is 0 Å². The maximum atomic E-state index is 13.9. The standard InChI is InChI=1S/C27H31NO9/c1-6-15(30)37-22-13-9-14(29)18(25(28)35)23(33)27(13,36)24(34)19-16(22)10(2)11-7-8-12(26(3,4)5)20(31)17(11)21(19)32/h7-8,10,13,16,22,31-33,36H,6,9H2,1-5H3,(H2,28,35)/t10-,13+,16+,22+,27+/m0/s1.